The molecule has 0 spiro atoms. The molecule has 67 heavy (non-hydrogen) atoms. The Hall–Kier alpha value is -4.48. The number of carbonyl (C=O) groups excluding carboxylic acids is 4. The molecule has 1 saturated heterocycles. The Kier molecular flexibility index (Phi) is 18.9. The zero-order valence-electron chi connectivity index (χ0n) is 38.4. The van der Waals surface area contributed by atoms with Crippen LogP contribution in [0.15, 0.2) is 41.3 Å². The van der Waals surface area contributed by atoms with Gasteiger partial charge in [0.05, 0.1) is 53.9 Å². The maximum Gasteiger partial charge on any atom is 0.430 e. The summed E-state index contributed by atoms with van der Waals surface area (Å²) in [6.07, 6.45) is -6.53. The lowest BCUT2D eigenvalue weighted by atomic mass is 9.96. The second-order valence-corrected chi connectivity index (χ2v) is 20.7. The van der Waals surface area contributed by atoms with Crippen LogP contribution in [0.25, 0.3) is 10.9 Å². The summed E-state index contributed by atoms with van der Waals surface area (Å²) >= 11 is 13.4. The van der Waals surface area contributed by atoms with Crippen molar-refractivity contribution in [1.82, 2.24) is 19.5 Å². The van der Waals surface area contributed by atoms with Crippen LogP contribution in [-0.2, 0) is 35.8 Å². The van der Waals surface area contributed by atoms with E-state index in [1.807, 2.05) is 36.9 Å². The van der Waals surface area contributed by atoms with E-state index in [4.69, 9.17) is 47.7 Å². The van der Waals surface area contributed by atoms with Crippen LogP contribution in [0.3, 0.4) is 0 Å². The SMILES string of the molecule is Cc1cc(C)c2cccc(OCc3c(Cl)ccc(S(=O)(=O)NC4(C(=O)N5CCN(C(=O)[C@H](CCC[N+](C)(C)C)[N+](C)(C)C)CC5)CCCC4)c3Cl)c2n1.O=C([O-])C(F)(F)F.O=C([O-])C(F)(F)F. The molecule has 0 unspecified atom stereocenters. The predicted molar refractivity (Wildman–Crippen MR) is 233 cm³/mol. The summed E-state index contributed by atoms with van der Waals surface area (Å²) in [6, 6.07) is 10.3. The Morgan fingerprint density at radius 1 is 0.866 bits per heavy atom. The number of carbonyl (C=O) groups is 4. The third-order valence-electron chi connectivity index (χ3n) is 11.0. The molecule has 2 aromatic carbocycles. The van der Waals surface area contributed by atoms with Gasteiger partial charge in [0.15, 0.2) is 6.04 Å². The van der Waals surface area contributed by atoms with Gasteiger partial charge in [-0.15, -0.1) is 0 Å². The van der Waals surface area contributed by atoms with E-state index >= 15 is 0 Å². The molecule has 0 radical (unpaired) electrons. The number of piperazine rings is 1. The van der Waals surface area contributed by atoms with Crippen molar-refractivity contribution in [2.24, 2.45) is 0 Å². The highest BCUT2D eigenvalue weighted by molar-refractivity contribution is 7.89. The molecule has 3 aromatic rings. The number of aliphatic carboxylic acids is 2. The molecule has 1 aromatic heterocycles. The number of halogens is 8. The highest BCUT2D eigenvalue weighted by Crippen LogP contribution is 2.37. The third-order valence-corrected chi connectivity index (χ3v) is 13.5. The fourth-order valence-corrected chi connectivity index (χ4v) is 9.94. The highest BCUT2D eigenvalue weighted by atomic mass is 35.5. The summed E-state index contributed by atoms with van der Waals surface area (Å²) < 4.78 is 102. The molecule has 374 valence electrons. The molecule has 1 N–H and O–H groups in total. The number of para-hydroxylation sites is 1. The van der Waals surface area contributed by atoms with Crippen LogP contribution in [0.4, 0.5) is 26.3 Å². The van der Waals surface area contributed by atoms with Crippen molar-refractivity contribution in [3.8, 4) is 5.75 Å². The lowest BCUT2D eigenvalue weighted by Crippen LogP contribution is -2.63. The van der Waals surface area contributed by atoms with Gasteiger partial charge in [0.25, 0.3) is 5.91 Å². The van der Waals surface area contributed by atoms with Crippen molar-refractivity contribution in [2.75, 3.05) is 75.0 Å². The number of aryl methyl sites for hydroxylation is 2. The second-order valence-electron chi connectivity index (χ2n) is 18.2. The molecule has 5 rings (SSSR count). The summed E-state index contributed by atoms with van der Waals surface area (Å²) in [4.78, 5) is 53.7. The van der Waals surface area contributed by atoms with Gasteiger partial charge < -0.3 is 43.3 Å². The summed E-state index contributed by atoms with van der Waals surface area (Å²) in [5, 5.41) is 18.7. The quantitative estimate of drug-likeness (QED) is 0.193. The number of nitrogens with zero attached hydrogens (tertiary/aromatic N) is 5. The molecular weight excluding hydrogens is 961 g/mol. The first-order valence-corrected chi connectivity index (χ1v) is 23.1. The van der Waals surface area contributed by atoms with Gasteiger partial charge >= 0.3 is 12.4 Å². The Morgan fingerprint density at radius 2 is 1.39 bits per heavy atom. The fourth-order valence-electron chi connectivity index (χ4n) is 7.63. The highest BCUT2D eigenvalue weighted by Gasteiger charge is 2.48. The first-order valence-electron chi connectivity index (χ1n) is 20.9. The number of carboxylic acids is 2. The molecule has 2 amide bonds. The topological polar surface area (TPSA) is 189 Å². The number of aromatic nitrogens is 1. The zero-order chi connectivity index (χ0) is 51.1. The number of quaternary nitrogens is 2. The molecule has 1 saturated carbocycles. The first-order chi connectivity index (χ1) is 30.6. The van der Waals surface area contributed by atoms with Crippen LogP contribution in [0.5, 0.6) is 5.75 Å². The van der Waals surface area contributed by atoms with Gasteiger partial charge in [0.1, 0.15) is 40.2 Å². The maximum absolute atomic E-state index is 14.3. The van der Waals surface area contributed by atoms with Gasteiger partial charge in [-0.25, -0.2) is 13.4 Å². The minimum absolute atomic E-state index is 0.0634. The number of ether oxygens (including phenoxy) is 1. The molecule has 2 aliphatic rings. The smallest absolute Gasteiger partial charge is 0.430 e. The largest absolute Gasteiger partial charge is 0.542 e. The number of fused-ring (bicyclic) bond motifs is 1. The number of nitrogens with one attached hydrogen (secondary N) is 1. The van der Waals surface area contributed by atoms with E-state index in [0.717, 1.165) is 40.5 Å². The first kappa shape index (κ1) is 56.8. The van der Waals surface area contributed by atoms with Crippen molar-refractivity contribution in [3.05, 3.63) is 63.3 Å². The van der Waals surface area contributed by atoms with E-state index in [-0.39, 0.29) is 39.4 Å². The Bertz CT molecular complexity index is 2360. The van der Waals surface area contributed by atoms with Gasteiger partial charge in [-0.05, 0) is 56.5 Å². The van der Waals surface area contributed by atoms with Crippen molar-refractivity contribution < 1.29 is 77.9 Å². The molecule has 0 bridgehead atoms. The average molecular weight is 1020 g/mol. The maximum atomic E-state index is 14.3. The normalized spacial score (nSPS) is 16.1. The molecule has 24 heteroatoms. The number of hydrogen-bond acceptors (Lipinski definition) is 10. The van der Waals surface area contributed by atoms with Crippen molar-refractivity contribution >= 4 is 67.9 Å². The Morgan fingerprint density at radius 3 is 1.88 bits per heavy atom. The molecule has 15 nitrogen and oxygen atoms in total. The third kappa shape index (κ3) is 15.8. The summed E-state index contributed by atoms with van der Waals surface area (Å²) in [7, 11) is 8.34. The van der Waals surface area contributed by atoms with Gasteiger partial charge in [0.2, 0.25) is 15.9 Å². The van der Waals surface area contributed by atoms with E-state index in [9.17, 15) is 44.3 Å². The number of rotatable bonds is 13. The fraction of sp³-hybridized carbons (Fsp3) is 0.558. The lowest BCUT2D eigenvalue weighted by Gasteiger charge is -2.42. The molecule has 2 fully saturated rings. The number of amides is 2. The summed E-state index contributed by atoms with van der Waals surface area (Å²) in [5.74, 6) is -5.65. The van der Waals surface area contributed by atoms with Gasteiger partial charge in [-0.2, -0.15) is 31.1 Å². The second kappa shape index (κ2) is 22.3. The van der Waals surface area contributed by atoms with E-state index in [1.165, 1.54) is 12.1 Å². The Labute approximate surface area is 395 Å². The number of benzene rings is 2. The van der Waals surface area contributed by atoms with Gasteiger partial charge in [-0.3, -0.25) is 9.59 Å². The number of likely N-dealkylation sites (N-methyl/N-ethyl adjacent to an activating group) is 1. The standard InChI is InChI=1S/C39H56Cl2N6O5S.2C2HF3O2/c1-27-25-28(2)42-36-29(27)13-11-15-33(36)52-26-30-31(40)16-17-34(35(30)41)53(50,51)43-39(18-9-10-19-39)38(49)45-22-20-44(21-23-45)37(48)32(47(6,7)8)14-12-24-46(3,4)5;2*3-2(4,5)1(6)7/h11,13,15-17,25,32,43H,9-10,12,14,18-24,26H2,1-8H3;2*(H,6,7)/q+2;;/p-2/t32-;;/m0../s1. The number of sulfonamides is 1. The molecule has 2 heterocycles. The van der Waals surface area contributed by atoms with Gasteiger partial charge in [-0.1, -0.05) is 48.2 Å². The van der Waals surface area contributed by atoms with E-state index in [1.54, 1.807) is 11.0 Å². The van der Waals surface area contributed by atoms with Crippen molar-refractivity contribution in [3.63, 3.8) is 0 Å². The van der Waals surface area contributed by atoms with E-state index < -0.39 is 39.9 Å². The molecule has 1 aliphatic carbocycles. The van der Waals surface area contributed by atoms with Crippen molar-refractivity contribution in [2.45, 2.75) is 87.8 Å². The molecule has 1 atom stereocenters. The predicted octanol–water partition coefficient (Wildman–Crippen LogP) is 4.16. The minimum atomic E-state index is -5.19. The van der Waals surface area contributed by atoms with Crippen LogP contribution in [0.2, 0.25) is 10.0 Å². The molecular formula is C43H56Cl2F6N6O9S. The number of hydrogen-bond donors (Lipinski definition) is 1. The van der Waals surface area contributed by atoms with E-state index in [0.29, 0.717) is 73.2 Å². The van der Waals surface area contributed by atoms with Crippen LogP contribution in [0, 0.1) is 13.8 Å². The number of pyridine rings is 1. The molecule has 1 aliphatic heterocycles. The van der Waals surface area contributed by atoms with Gasteiger partial charge in [0, 0.05) is 60.7 Å². The Balaban J connectivity index is 0.000000737. The lowest BCUT2D eigenvalue weighted by molar-refractivity contribution is -0.889. The van der Waals surface area contributed by atoms with E-state index in [2.05, 4.69) is 52.0 Å². The summed E-state index contributed by atoms with van der Waals surface area (Å²) in [6.45, 7) is 6.28. The van der Waals surface area contributed by atoms with Crippen molar-refractivity contribution in [1.29, 1.82) is 0 Å². The van der Waals surface area contributed by atoms with Crippen LogP contribution in [-0.4, -0.2) is 155 Å². The van der Waals surface area contributed by atoms with Crippen LogP contribution in [0.1, 0.15) is 55.3 Å². The zero-order valence-corrected chi connectivity index (χ0v) is 40.7. The van der Waals surface area contributed by atoms with Crippen LogP contribution < -0.4 is 19.7 Å². The number of carboxylic acid groups (broad SMARTS) is 2. The van der Waals surface area contributed by atoms with Crippen LogP contribution >= 0.6 is 23.2 Å². The minimum Gasteiger partial charge on any atom is -0.542 e. The monoisotopic (exact) mass is 1020 g/mol. The number of alkyl halides is 6. The summed E-state index contributed by atoms with van der Waals surface area (Å²) in [5.41, 5.74) is 1.61. The average Bonchev–Trinajstić information content (AvgIpc) is 3.66.